The number of aryl methyl sites for hydroxylation is 2. The monoisotopic (exact) mass is 758 g/mol. The number of ether oxygens (including phenoxy) is 4. The van der Waals surface area contributed by atoms with E-state index in [4.69, 9.17) is 9.47 Å². The molecule has 5 N–H and O–H groups in total. The van der Waals surface area contributed by atoms with Crippen LogP contribution in [-0.2, 0) is 6.42 Å². The van der Waals surface area contributed by atoms with E-state index >= 15 is 0 Å². The molecule has 0 spiro atoms. The molecule has 14 nitrogen and oxygen atoms in total. The van der Waals surface area contributed by atoms with Crippen LogP contribution in [0.3, 0.4) is 0 Å². The van der Waals surface area contributed by atoms with Crippen molar-refractivity contribution in [2.75, 3.05) is 81.3 Å². The first kappa shape index (κ1) is 37.8. The Kier molecular flexibility index (Phi) is 11.6. The molecule has 292 valence electrons. The quantitative estimate of drug-likeness (QED) is 0.0982. The third kappa shape index (κ3) is 9.61. The third-order valence-corrected chi connectivity index (χ3v) is 9.47. The highest BCUT2D eigenvalue weighted by atomic mass is 19.3. The zero-order chi connectivity index (χ0) is 38.4. The molecule has 4 aliphatic rings. The maximum atomic E-state index is 13.7. The minimum atomic E-state index is -3.73. The van der Waals surface area contributed by atoms with Crippen LogP contribution >= 0.6 is 0 Å². The number of nitrogens with zero attached hydrogens (tertiary/aromatic N) is 5. The molecular weight excluding hydrogens is 710 g/mol. The minimum absolute atomic E-state index is 0.0963. The molecule has 0 saturated carbocycles. The maximum absolute atomic E-state index is 13.7. The van der Waals surface area contributed by atoms with Gasteiger partial charge >= 0.3 is 6.29 Å². The van der Waals surface area contributed by atoms with Crippen molar-refractivity contribution in [1.29, 1.82) is 0 Å². The number of rotatable bonds is 12. The highest BCUT2D eigenvalue weighted by molar-refractivity contribution is 5.77. The molecule has 0 radical (unpaired) electrons. The Labute approximate surface area is 319 Å². The lowest BCUT2D eigenvalue weighted by atomic mass is 9.96. The summed E-state index contributed by atoms with van der Waals surface area (Å²) in [6.07, 6.45) is 3.72. The molecule has 8 rings (SSSR count). The van der Waals surface area contributed by atoms with E-state index in [1.807, 2.05) is 27.0 Å². The van der Waals surface area contributed by atoms with Gasteiger partial charge in [0.15, 0.2) is 11.5 Å². The fourth-order valence-corrected chi connectivity index (χ4v) is 6.93. The van der Waals surface area contributed by atoms with Gasteiger partial charge in [0.25, 0.3) is 0 Å². The fraction of sp³-hybridized carbons (Fsp3) is 0.436. The highest BCUT2D eigenvalue weighted by Crippen LogP contribution is 2.49. The van der Waals surface area contributed by atoms with E-state index < -0.39 is 6.29 Å². The zero-order valence-corrected chi connectivity index (χ0v) is 31.7. The van der Waals surface area contributed by atoms with Crippen LogP contribution in [0.25, 0.3) is 5.57 Å². The summed E-state index contributed by atoms with van der Waals surface area (Å²) in [5.41, 5.74) is 6.93. The molecule has 4 aliphatic heterocycles. The van der Waals surface area contributed by atoms with Crippen molar-refractivity contribution in [3.05, 3.63) is 65.0 Å². The zero-order valence-electron chi connectivity index (χ0n) is 31.7. The standard InChI is InChI=1S/C20H25F2N5O3.C19H23N5O/c1-13-10-17(23-2)26-19(24-13)25-14-11-15(18-16(12-14)29-20(21,22)30-18)28-9-5-8-27-6-3-4-7-27;1-12-9-17(20-2)24-19(22-12)23-15-10-14-5-8-25-18(14)16(11-15)13-3-6-21-7-4-13/h10-12H,3-9H2,1-2H3,(H2,23,24,25,26);3,9-11,21H,4-8H2,1-2H3,(H2,20,22,23,24). The van der Waals surface area contributed by atoms with E-state index in [-0.39, 0.29) is 17.2 Å². The Bertz CT molecular complexity index is 2030. The van der Waals surface area contributed by atoms with Gasteiger partial charge in [0.1, 0.15) is 17.4 Å². The topological polar surface area (TPSA) is 152 Å². The van der Waals surface area contributed by atoms with Crippen molar-refractivity contribution in [2.45, 2.75) is 52.2 Å². The van der Waals surface area contributed by atoms with Crippen LogP contribution in [0.5, 0.6) is 23.0 Å². The molecule has 1 saturated heterocycles. The van der Waals surface area contributed by atoms with Crippen molar-refractivity contribution < 1.29 is 27.7 Å². The van der Waals surface area contributed by atoms with Gasteiger partial charge in [-0.3, -0.25) is 0 Å². The van der Waals surface area contributed by atoms with E-state index in [9.17, 15) is 8.78 Å². The van der Waals surface area contributed by atoms with Crippen molar-refractivity contribution in [1.82, 2.24) is 30.2 Å². The molecule has 2 aromatic heterocycles. The fourth-order valence-electron chi connectivity index (χ4n) is 6.93. The summed E-state index contributed by atoms with van der Waals surface area (Å²) >= 11 is 0. The van der Waals surface area contributed by atoms with Gasteiger partial charge in [-0.05, 0) is 76.9 Å². The summed E-state index contributed by atoms with van der Waals surface area (Å²) in [6.45, 7) is 9.97. The number of alkyl halides is 2. The summed E-state index contributed by atoms with van der Waals surface area (Å²) in [4.78, 5) is 20.0. The van der Waals surface area contributed by atoms with Crippen LogP contribution in [0.1, 0.15) is 48.2 Å². The van der Waals surface area contributed by atoms with Gasteiger partial charge in [-0.2, -0.15) is 9.97 Å². The smallest absolute Gasteiger partial charge is 0.492 e. The average molecular weight is 759 g/mol. The Hall–Kier alpha value is -5.48. The lowest BCUT2D eigenvalue weighted by Gasteiger charge is -2.18. The van der Waals surface area contributed by atoms with Crippen LogP contribution < -0.4 is 45.5 Å². The number of aromatic nitrogens is 4. The predicted octanol–water partition coefficient (Wildman–Crippen LogP) is 6.64. The first-order valence-electron chi connectivity index (χ1n) is 18.7. The maximum Gasteiger partial charge on any atom is 0.586 e. The number of fused-ring (bicyclic) bond motifs is 2. The highest BCUT2D eigenvalue weighted by Gasteiger charge is 2.45. The van der Waals surface area contributed by atoms with Crippen LogP contribution in [-0.4, -0.2) is 91.2 Å². The molecule has 0 bridgehead atoms. The molecule has 6 heterocycles. The second-order valence-electron chi connectivity index (χ2n) is 13.7. The number of benzene rings is 2. The van der Waals surface area contributed by atoms with Crippen LogP contribution in [0.4, 0.5) is 43.7 Å². The number of halogens is 2. The average Bonchev–Trinajstić information content (AvgIpc) is 3.93. The summed E-state index contributed by atoms with van der Waals surface area (Å²) in [6, 6.07) is 11.0. The van der Waals surface area contributed by atoms with Crippen LogP contribution in [0.15, 0.2) is 42.5 Å². The van der Waals surface area contributed by atoms with Gasteiger partial charge in [0, 0.05) is 91.8 Å². The molecule has 2 aromatic carbocycles. The Balaban J connectivity index is 0.000000172. The molecule has 0 unspecified atom stereocenters. The summed E-state index contributed by atoms with van der Waals surface area (Å²) in [5, 5.41) is 15.8. The van der Waals surface area contributed by atoms with Crippen molar-refractivity contribution >= 4 is 40.5 Å². The SMILES string of the molecule is CNc1cc(C)nc(Nc2cc(OCCCN3CCCC3)c3c(c2)OC(F)(F)O3)n1.CNc1cc(C)nc(Nc2cc3c(c(C4=CCNCC4)c2)OCC3)n1. The molecular formula is C39H48F2N10O4. The molecule has 0 aliphatic carbocycles. The van der Waals surface area contributed by atoms with Crippen molar-refractivity contribution in [3.8, 4) is 23.0 Å². The third-order valence-electron chi connectivity index (χ3n) is 9.47. The molecule has 1 fully saturated rings. The summed E-state index contributed by atoms with van der Waals surface area (Å²) in [7, 11) is 3.61. The summed E-state index contributed by atoms with van der Waals surface area (Å²) in [5.74, 6) is 3.40. The molecule has 55 heavy (non-hydrogen) atoms. The first-order valence-corrected chi connectivity index (χ1v) is 18.7. The van der Waals surface area contributed by atoms with E-state index in [1.54, 1.807) is 19.2 Å². The van der Waals surface area contributed by atoms with Gasteiger partial charge < -0.3 is 50.4 Å². The van der Waals surface area contributed by atoms with Crippen LogP contribution in [0, 0.1) is 13.8 Å². The second-order valence-corrected chi connectivity index (χ2v) is 13.7. The van der Waals surface area contributed by atoms with E-state index in [0.29, 0.717) is 30.0 Å². The number of likely N-dealkylation sites (tertiary alicyclic amines) is 1. The number of hydrogen-bond acceptors (Lipinski definition) is 14. The molecule has 0 atom stereocenters. The predicted molar refractivity (Wildman–Crippen MR) is 209 cm³/mol. The Morgan fingerprint density at radius 2 is 1.53 bits per heavy atom. The molecule has 4 aromatic rings. The normalized spacial score (nSPS) is 16.7. The minimum Gasteiger partial charge on any atom is -0.492 e. The second kappa shape index (κ2) is 16.9. The van der Waals surface area contributed by atoms with E-state index in [2.05, 4.69) is 79.1 Å². The van der Waals surface area contributed by atoms with Gasteiger partial charge in [-0.25, -0.2) is 9.97 Å². The van der Waals surface area contributed by atoms with Gasteiger partial charge in [0.2, 0.25) is 17.6 Å². The molecule has 0 amide bonds. The van der Waals surface area contributed by atoms with Crippen LogP contribution in [0.2, 0.25) is 0 Å². The number of hydrogen-bond donors (Lipinski definition) is 5. The number of anilines is 6. The van der Waals surface area contributed by atoms with Crippen molar-refractivity contribution in [3.63, 3.8) is 0 Å². The molecule has 16 heteroatoms. The lowest BCUT2D eigenvalue weighted by molar-refractivity contribution is -0.287. The van der Waals surface area contributed by atoms with Gasteiger partial charge in [0.05, 0.1) is 13.2 Å². The summed E-state index contributed by atoms with van der Waals surface area (Å²) < 4.78 is 48.3. The lowest BCUT2D eigenvalue weighted by Crippen LogP contribution is -2.26. The largest absolute Gasteiger partial charge is 0.586 e. The Morgan fingerprint density at radius 1 is 0.836 bits per heavy atom. The number of nitrogens with one attached hydrogen (secondary N) is 5. The Morgan fingerprint density at radius 3 is 2.18 bits per heavy atom. The van der Waals surface area contributed by atoms with Gasteiger partial charge in [-0.1, -0.05) is 6.08 Å². The first-order chi connectivity index (χ1) is 26.6. The van der Waals surface area contributed by atoms with E-state index in [0.717, 1.165) is 87.2 Å². The van der Waals surface area contributed by atoms with E-state index in [1.165, 1.54) is 35.6 Å². The van der Waals surface area contributed by atoms with Crippen molar-refractivity contribution in [2.24, 2.45) is 0 Å². The van der Waals surface area contributed by atoms with Gasteiger partial charge in [-0.15, -0.1) is 8.78 Å².